The number of carbonyl (C=O) groups is 1. The minimum Gasteiger partial charge on any atom is -0.317 e. The first-order valence-electron chi connectivity index (χ1n) is 3.64. The monoisotopic (exact) mass is 257 g/mol. The Labute approximate surface area is 93.0 Å². The minimum atomic E-state index is -4.95. The fourth-order valence-electron chi connectivity index (χ4n) is 0.794. The topological polar surface area (TPSA) is 29.1 Å². The predicted octanol–water partition coefficient (Wildman–Crippen LogP) is 3.49. The van der Waals surface area contributed by atoms with Crippen LogP contribution < -0.4 is 5.32 Å². The van der Waals surface area contributed by atoms with Gasteiger partial charge in [-0.1, -0.05) is 29.3 Å². The molecule has 1 amide bonds. The minimum absolute atomic E-state index is 0.0663. The molecular weight excluding hydrogens is 254 g/mol. The normalized spacial score (nSPS) is 11.3. The van der Waals surface area contributed by atoms with E-state index in [0.717, 1.165) is 0 Å². The Kier molecular flexibility index (Phi) is 3.46. The van der Waals surface area contributed by atoms with E-state index >= 15 is 0 Å². The molecule has 1 aromatic carbocycles. The van der Waals surface area contributed by atoms with Gasteiger partial charge in [-0.25, -0.2) is 0 Å². The van der Waals surface area contributed by atoms with Gasteiger partial charge in [0.25, 0.3) is 0 Å². The highest BCUT2D eigenvalue weighted by atomic mass is 35.5. The molecule has 82 valence electrons. The molecule has 1 rings (SSSR count). The number of alkyl halides is 3. The molecule has 7 heteroatoms. The first-order chi connectivity index (χ1) is 6.82. The molecule has 0 atom stereocenters. The molecule has 0 bridgehead atoms. The number of hydrogen-bond donors (Lipinski definition) is 1. The molecule has 0 aliphatic carbocycles. The third-order valence-electron chi connectivity index (χ3n) is 1.46. The smallest absolute Gasteiger partial charge is 0.317 e. The maximum Gasteiger partial charge on any atom is 0.471 e. The van der Waals surface area contributed by atoms with E-state index < -0.39 is 12.1 Å². The van der Waals surface area contributed by atoms with E-state index in [1.54, 1.807) is 5.32 Å². The summed E-state index contributed by atoms with van der Waals surface area (Å²) in [4.78, 5) is 10.6. The molecule has 0 fully saturated rings. The first-order valence-corrected chi connectivity index (χ1v) is 4.40. The standard InChI is InChI=1S/C8H4Cl2F3NO/c9-4-2-1-3-5(6(4)10)14-7(15)8(11,12)13/h1-3H,(H,14,15). The molecule has 0 saturated heterocycles. The number of halogens is 5. The summed E-state index contributed by atoms with van der Waals surface area (Å²) in [6.45, 7) is 0. The first kappa shape index (κ1) is 12.1. The van der Waals surface area contributed by atoms with Crippen molar-refractivity contribution in [3.8, 4) is 0 Å². The second-order valence-electron chi connectivity index (χ2n) is 2.55. The van der Waals surface area contributed by atoms with Gasteiger partial charge >= 0.3 is 12.1 Å². The zero-order valence-corrected chi connectivity index (χ0v) is 8.54. The van der Waals surface area contributed by atoms with Crippen molar-refractivity contribution in [2.24, 2.45) is 0 Å². The van der Waals surface area contributed by atoms with E-state index in [2.05, 4.69) is 0 Å². The van der Waals surface area contributed by atoms with Crippen LogP contribution in [-0.4, -0.2) is 12.1 Å². The number of anilines is 1. The molecule has 0 saturated carbocycles. The number of carbonyl (C=O) groups excluding carboxylic acids is 1. The van der Waals surface area contributed by atoms with Gasteiger partial charge < -0.3 is 5.32 Å². The highest BCUT2D eigenvalue weighted by Gasteiger charge is 2.38. The van der Waals surface area contributed by atoms with Crippen LogP contribution in [-0.2, 0) is 4.79 Å². The van der Waals surface area contributed by atoms with Crippen LogP contribution in [0.3, 0.4) is 0 Å². The van der Waals surface area contributed by atoms with Crippen molar-refractivity contribution < 1.29 is 18.0 Å². The third kappa shape index (κ3) is 3.00. The Morgan fingerprint density at radius 2 is 1.87 bits per heavy atom. The maximum absolute atomic E-state index is 11.9. The van der Waals surface area contributed by atoms with Gasteiger partial charge in [0.15, 0.2) is 0 Å². The van der Waals surface area contributed by atoms with E-state index in [0.29, 0.717) is 0 Å². The molecular formula is C8H4Cl2F3NO. The van der Waals surface area contributed by atoms with Crippen molar-refractivity contribution in [1.82, 2.24) is 0 Å². The largest absolute Gasteiger partial charge is 0.471 e. The average molecular weight is 258 g/mol. The van der Waals surface area contributed by atoms with Crippen LogP contribution in [0.4, 0.5) is 18.9 Å². The van der Waals surface area contributed by atoms with Crippen LogP contribution in [0.15, 0.2) is 18.2 Å². The fraction of sp³-hybridized carbons (Fsp3) is 0.125. The molecule has 0 radical (unpaired) electrons. The van der Waals surface area contributed by atoms with Gasteiger partial charge in [-0.15, -0.1) is 0 Å². The summed E-state index contributed by atoms with van der Waals surface area (Å²) in [5, 5.41) is 1.55. The van der Waals surface area contributed by atoms with Gasteiger partial charge in [0.2, 0.25) is 0 Å². The van der Waals surface area contributed by atoms with Crippen molar-refractivity contribution in [1.29, 1.82) is 0 Å². The van der Waals surface area contributed by atoms with Gasteiger partial charge in [-0.3, -0.25) is 4.79 Å². The lowest BCUT2D eigenvalue weighted by Gasteiger charge is -2.09. The molecule has 1 N–H and O–H groups in total. The second-order valence-corrected chi connectivity index (χ2v) is 3.34. The lowest BCUT2D eigenvalue weighted by molar-refractivity contribution is -0.167. The summed E-state index contributed by atoms with van der Waals surface area (Å²) >= 11 is 11.1. The average Bonchev–Trinajstić information content (AvgIpc) is 2.11. The Balaban J connectivity index is 2.91. The predicted molar refractivity (Wildman–Crippen MR) is 51.1 cm³/mol. The molecule has 15 heavy (non-hydrogen) atoms. The molecule has 0 unspecified atom stereocenters. The van der Waals surface area contributed by atoms with Crippen molar-refractivity contribution in [2.75, 3.05) is 5.32 Å². The van der Waals surface area contributed by atoms with Gasteiger partial charge in [0.1, 0.15) is 0 Å². The summed E-state index contributed by atoms with van der Waals surface area (Å²) in [5.74, 6) is -2.09. The lowest BCUT2D eigenvalue weighted by Crippen LogP contribution is -2.30. The number of benzene rings is 1. The fourth-order valence-corrected chi connectivity index (χ4v) is 1.14. The second kappa shape index (κ2) is 4.28. The molecule has 0 aromatic heterocycles. The highest BCUT2D eigenvalue weighted by molar-refractivity contribution is 6.44. The van der Waals surface area contributed by atoms with E-state index in [1.807, 2.05) is 0 Å². The Hall–Kier alpha value is -0.940. The Bertz CT molecular complexity index is 392. The molecule has 0 aliphatic rings. The Morgan fingerprint density at radius 3 is 2.40 bits per heavy atom. The number of amides is 1. The summed E-state index contributed by atoms with van der Waals surface area (Å²) in [6.07, 6.45) is -4.95. The van der Waals surface area contributed by atoms with Gasteiger partial charge in [0, 0.05) is 0 Å². The van der Waals surface area contributed by atoms with E-state index in [-0.39, 0.29) is 15.7 Å². The molecule has 0 aliphatic heterocycles. The summed E-state index contributed by atoms with van der Waals surface area (Å²) in [7, 11) is 0. The zero-order chi connectivity index (χ0) is 11.6. The highest BCUT2D eigenvalue weighted by Crippen LogP contribution is 2.30. The van der Waals surface area contributed by atoms with Gasteiger partial charge in [-0.05, 0) is 12.1 Å². The number of rotatable bonds is 1. The molecule has 2 nitrogen and oxygen atoms in total. The van der Waals surface area contributed by atoms with Crippen LogP contribution in [0.25, 0.3) is 0 Å². The Morgan fingerprint density at radius 1 is 1.27 bits per heavy atom. The van der Waals surface area contributed by atoms with Gasteiger partial charge in [-0.2, -0.15) is 13.2 Å². The lowest BCUT2D eigenvalue weighted by atomic mass is 10.3. The van der Waals surface area contributed by atoms with Crippen LogP contribution in [0.5, 0.6) is 0 Å². The third-order valence-corrected chi connectivity index (χ3v) is 2.28. The number of nitrogens with one attached hydrogen (secondary N) is 1. The van der Waals surface area contributed by atoms with E-state index in [4.69, 9.17) is 23.2 Å². The van der Waals surface area contributed by atoms with Crippen molar-refractivity contribution in [3.63, 3.8) is 0 Å². The van der Waals surface area contributed by atoms with Crippen LogP contribution >= 0.6 is 23.2 Å². The van der Waals surface area contributed by atoms with E-state index in [1.165, 1.54) is 18.2 Å². The number of hydrogen-bond acceptors (Lipinski definition) is 1. The SMILES string of the molecule is O=C(Nc1cccc(Cl)c1Cl)C(F)(F)F. The maximum atomic E-state index is 11.9. The zero-order valence-electron chi connectivity index (χ0n) is 7.03. The van der Waals surface area contributed by atoms with Crippen molar-refractivity contribution in [2.45, 2.75) is 6.18 Å². The van der Waals surface area contributed by atoms with Crippen molar-refractivity contribution in [3.05, 3.63) is 28.2 Å². The summed E-state index contributed by atoms with van der Waals surface area (Å²) < 4.78 is 35.6. The van der Waals surface area contributed by atoms with Crippen LogP contribution in [0.1, 0.15) is 0 Å². The van der Waals surface area contributed by atoms with Crippen molar-refractivity contribution >= 4 is 34.8 Å². The summed E-state index contributed by atoms with van der Waals surface area (Å²) in [5.41, 5.74) is -0.175. The quantitative estimate of drug-likeness (QED) is 0.820. The van der Waals surface area contributed by atoms with Crippen LogP contribution in [0.2, 0.25) is 10.0 Å². The van der Waals surface area contributed by atoms with Gasteiger partial charge in [0.05, 0.1) is 15.7 Å². The molecule has 0 spiro atoms. The molecule has 0 heterocycles. The van der Waals surface area contributed by atoms with Crippen LogP contribution in [0, 0.1) is 0 Å². The van der Waals surface area contributed by atoms with E-state index in [9.17, 15) is 18.0 Å². The molecule has 1 aromatic rings. The summed E-state index contributed by atoms with van der Waals surface area (Å²) in [6, 6.07) is 3.99.